The number of nitrogens with one attached hydrogen (secondary N) is 1. The van der Waals surface area contributed by atoms with Gasteiger partial charge in [0, 0.05) is 35.4 Å². The first-order valence-electron chi connectivity index (χ1n) is 7.33. The van der Waals surface area contributed by atoms with E-state index in [1.54, 1.807) is 0 Å². The first kappa shape index (κ1) is 11.6. The Kier molecular flexibility index (Phi) is 2.73. The predicted molar refractivity (Wildman–Crippen MR) is 85.2 cm³/mol. The number of para-hydroxylation sites is 1. The van der Waals surface area contributed by atoms with Crippen molar-refractivity contribution in [1.29, 1.82) is 0 Å². The van der Waals surface area contributed by atoms with Crippen molar-refractivity contribution in [1.82, 2.24) is 4.98 Å². The van der Waals surface area contributed by atoms with Gasteiger partial charge in [0.15, 0.2) is 0 Å². The third kappa shape index (κ3) is 1.97. The molecule has 0 spiro atoms. The van der Waals surface area contributed by atoms with Crippen molar-refractivity contribution in [3.8, 4) is 11.3 Å². The Balaban J connectivity index is 1.75. The van der Waals surface area contributed by atoms with Gasteiger partial charge in [-0.05, 0) is 42.7 Å². The lowest BCUT2D eigenvalue weighted by molar-refractivity contribution is 0.949. The van der Waals surface area contributed by atoms with Gasteiger partial charge < -0.3 is 9.88 Å². The molecular weight excluding hydrogens is 244 g/mol. The lowest BCUT2D eigenvalue weighted by Crippen LogP contribution is -2.17. The van der Waals surface area contributed by atoms with Crippen molar-refractivity contribution >= 4 is 16.6 Å². The molecular formula is C18H18N2. The van der Waals surface area contributed by atoms with Crippen LogP contribution >= 0.6 is 0 Å². The highest BCUT2D eigenvalue weighted by Crippen LogP contribution is 2.28. The topological polar surface area (TPSA) is 19.0 Å². The van der Waals surface area contributed by atoms with Gasteiger partial charge in [-0.1, -0.05) is 30.3 Å². The van der Waals surface area contributed by atoms with Gasteiger partial charge in [0.25, 0.3) is 0 Å². The molecule has 1 aromatic heterocycles. The standard InChI is InChI=1S/C18H18N2/c1-2-9-17-15(6-1)13-18(19-17)14-7-5-8-16(12-14)20-10-3-4-11-20/h1-2,5-9,12-13,19H,3-4,10-11H2. The van der Waals surface area contributed by atoms with Crippen molar-refractivity contribution in [3.63, 3.8) is 0 Å². The SMILES string of the molecule is c1cc(-c2cc3ccccc3[nH]2)cc(N2CCCC2)c1. The highest BCUT2D eigenvalue weighted by atomic mass is 15.1. The minimum absolute atomic E-state index is 1.19. The zero-order chi connectivity index (χ0) is 13.4. The summed E-state index contributed by atoms with van der Waals surface area (Å²) in [5, 5.41) is 1.27. The molecule has 2 aromatic carbocycles. The summed E-state index contributed by atoms with van der Waals surface area (Å²) in [6.45, 7) is 2.38. The van der Waals surface area contributed by atoms with Crippen LogP contribution in [0.2, 0.25) is 0 Å². The van der Waals surface area contributed by atoms with Crippen LogP contribution in [0.15, 0.2) is 54.6 Å². The fourth-order valence-electron chi connectivity index (χ4n) is 3.07. The van der Waals surface area contributed by atoms with Crippen LogP contribution in [0.4, 0.5) is 5.69 Å². The number of nitrogens with zero attached hydrogens (tertiary/aromatic N) is 1. The van der Waals surface area contributed by atoms with Crippen LogP contribution in [0.5, 0.6) is 0 Å². The van der Waals surface area contributed by atoms with E-state index >= 15 is 0 Å². The average Bonchev–Trinajstić information content (AvgIpc) is 3.16. The Hall–Kier alpha value is -2.22. The highest BCUT2D eigenvalue weighted by Gasteiger charge is 2.13. The highest BCUT2D eigenvalue weighted by molar-refractivity contribution is 5.86. The van der Waals surface area contributed by atoms with E-state index in [4.69, 9.17) is 0 Å². The molecule has 3 aromatic rings. The molecule has 0 saturated carbocycles. The molecule has 0 aliphatic carbocycles. The molecule has 2 heterocycles. The van der Waals surface area contributed by atoms with E-state index in [2.05, 4.69) is 64.5 Å². The lowest BCUT2D eigenvalue weighted by Gasteiger charge is -2.18. The smallest absolute Gasteiger partial charge is 0.0465 e. The number of aromatic nitrogens is 1. The van der Waals surface area contributed by atoms with Crippen LogP contribution in [0.3, 0.4) is 0 Å². The number of aromatic amines is 1. The Morgan fingerprint density at radius 2 is 1.70 bits per heavy atom. The Labute approximate surface area is 119 Å². The van der Waals surface area contributed by atoms with Crippen LogP contribution in [0.1, 0.15) is 12.8 Å². The summed E-state index contributed by atoms with van der Waals surface area (Å²) in [7, 11) is 0. The molecule has 0 bridgehead atoms. The summed E-state index contributed by atoms with van der Waals surface area (Å²) in [6, 6.07) is 19.5. The predicted octanol–water partition coefficient (Wildman–Crippen LogP) is 4.44. The number of benzene rings is 2. The molecule has 100 valence electrons. The number of hydrogen-bond acceptors (Lipinski definition) is 1. The van der Waals surface area contributed by atoms with E-state index in [0.717, 1.165) is 0 Å². The Morgan fingerprint density at radius 3 is 2.55 bits per heavy atom. The normalized spacial score (nSPS) is 15.1. The summed E-state index contributed by atoms with van der Waals surface area (Å²) in [6.07, 6.45) is 2.63. The maximum absolute atomic E-state index is 3.51. The third-order valence-electron chi connectivity index (χ3n) is 4.16. The van der Waals surface area contributed by atoms with Crippen molar-refractivity contribution in [2.24, 2.45) is 0 Å². The fraction of sp³-hybridized carbons (Fsp3) is 0.222. The second-order valence-corrected chi connectivity index (χ2v) is 5.51. The van der Waals surface area contributed by atoms with Crippen LogP contribution in [-0.2, 0) is 0 Å². The molecule has 0 radical (unpaired) electrons. The third-order valence-corrected chi connectivity index (χ3v) is 4.16. The number of anilines is 1. The van der Waals surface area contributed by atoms with Crippen LogP contribution < -0.4 is 4.90 Å². The molecule has 4 rings (SSSR count). The van der Waals surface area contributed by atoms with Crippen molar-refractivity contribution in [3.05, 3.63) is 54.6 Å². The number of rotatable bonds is 2. The first-order valence-corrected chi connectivity index (χ1v) is 7.33. The number of hydrogen-bond donors (Lipinski definition) is 1. The zero-order valence-electron chi connectivity index (χ0n) is 11.5. The maximum Gasteiger partial charge on any atom is 0.0465 e. The van der Waals surface area contributed by atoms with Crippen molar-refractivity contribution in [2.75, 3.05) is 18.0 Å². The van der Waals surface area contributed by atoms with Crippen LogP contribution in [0.25, 0.3) is 22.2 Å². The molecule has 20 heavy (non-hydrogen) atoms. The van der Waals surface area contributed by atoms with Crippen molar-refractivity contribution < 1.29 is 0 Å². The second-order valence-electron chi connectivity index (χ2n) is 5.51. The molecule has 2 heteroatoms. The van der Waals surface area contributed by atoms with Crippen LogP contribution in [-0.4, -0.2) is 18.1 Å². The Bertz CT molecular complexity index is 703. The van der Waals surface area contributed by atoms with Gasteiger partial charge in [-0.3, -0.25) is 0 Å². The van der Waals surface area contributed by atoms with Gasteiger partial charge in [0.05, 0.1) is 0 Å². The van der Waals surface area contributed by atoms with E-state index in [9.17, 15) is 0 Å². The average molecular weight is 262 g/mol. The second kappa shape index (κ2) is 4.71. The van der Waals surface area contributed by atoms with E-state index in [0.29, 0.717) is 0 Å². The summed E-state index contributed by atoms with van der Waals surface area (Å²) >= 11 is 0. The molecule has 1 saturated heterocycles. The van der Waals surface area contributed by atoms with Gasteiger partial charge in [-0.2, -0.15) is 0 Å². The molecule has 2 nitrogen and oxygen atoms in total. The lowest BCUT2D eigenvalue weighted by atomic mass is 10.1. The minimum atomic E-state index is 1.19. The van der Waals surface area contributed by atoms with Crippen LogP contribution in [0, 0.1) is 0 Å². The maximum atomic E-state index is 3.51. The van der Waals surface area contributed by atoms with Gasteiger partial charge in [0.2, 0.25) is 0 Å². The largest absolute Gasteiger partial charge is 0.372 e. The first-order chi connectivity index (χ1) is 9.90. The Morgan fingerprint density at radius 1 is 0.850 bits per heavy atom. The minimum Gasteiger partial charge on any atom is -0.372 e. The fourth-order valence-corrected chi connectivity index (χ4v) is 3.07. The molecule has 0 unspecified atom stereocenters. The molecule has 1 aliphatic rings. The zero-order valence-corrected chi connectivity index (χ0v) is 11.5. The molecule has 0 atom stereocenters. The summed E-state index contributed by atoms with van der Waals surface area (Å²) < 4.78 is 0. The quantitative estimate of drug-likeness (QED) is 0.723. The molecule has 1 N–H and O–H groups in total. The summed E-state index contributed by atoms with van der Waals surface area (Å²) in [5.41, 5.74) is 5.02. The molecule has 0 amide bonds. The van der Waals surface area contributed by atoms with Gasteiger partial charge >= 0.3 is 0 Å². The monoisotopic (exact) mass is 262 g/mol. The van der Waals surface area contributed by atoms with Gasteiger partial charge in [-0.25, -0.2) is 0 Å². The molecule has 1 aliphatic heterocycles. The summed E-state index contributed by atoms with van der Waals surface area (Å²) in [4.78, 5) is 5.99. The van der Waals surface area contributed by atoms with Gasteiger partial charge in [0.1, 0.15) is 0 Å². The summed E-state index contributed by atoms with van der Waals surface area (Å²) in [5.74, 6) is 0. The van der Waals surface area contributed by atoms with E-state index in [-0.39, 0.29) is 0 Å². The van der Waals surface area contributed by atoms with E-state index < -0.39 is 0 Å². The van der Waals surface area contributed by atoms with E-state index in [1.165, 1.54) is 53.8 Å². The van der Waals surface area contributed by atoms with Gasteiger partial charge in [-0.15, -0.1) is 0 Å². The number of fused-ring (bicyclic) bond motifs is 1. The van der Waals surface area contributed by atoms with E-state index in [1.807, 2.05) is 0 Å². The number of H-pyrrole nitrogens is 1. The molecule has 1 fully saturated rings. The van der Waals surface area contributed by atoms with Crippen molar-refractivity contribution in [2.45, 2.75) is 12.8 Å².